The van der Waals surface area contributed by atoms with Crippen molar-refractivity contribution in [3.8, 4) is 17.0 Å². The first-order chi connectivity index (χ1) is 10.6. The first-order valence-electron chi connectivity index (χ1n) is 7.47. The van der Waals surface area contributed by atoms with Crippen molar-refractivity contribution in [2.45, 2.75) is 37.8 Å². The highest BCUT2D eigenvalue weighted by atomic mass is 16.3. The number of phenolic OH excluding ortho intramolecular Hbond substituents is 1. The summed E-state index contributed by atoms with van der Waals surface area (Å²) in [5, 5.41) is 28.9. The molecule has 1 aromatic heterocycles. The number of phenols is 1. The fourth-order valence-electron chi connectivity index (χ4n) is 2.74. The minimum atomic E-state index is -0.475. The van der Waals surface area contributed by atoms with Crippen LogP contribution in [0.1, 0.15) is 36.2 Å². The van der Waals surface area contributed by atoms with Crippen LogP contribution in [-0.2, 0) is 0 Å². The molecule has 0 radical (unpaired) electrons. The largest absolute Gasteiger partial charge is 0.508 e. The molecule has 1 fully saturated rings. The van der Waals surface area contributed by atoms with E-state index >= 15 is 0 Å². The number of hydrogen-bond donors (Lipinski definition) is 4. The quantitative estimate of drug-likeness (QED) is 0.695. The first-order valence-corrected chi connectivity index (χ1v) is 7.47. The second-order valence-electron chi connectivity index (χ2n) is 5.65. The summed E-state index contributed by atoms with van der Waals surface area (Å²) in [4.78, 5) is 12.2. The summed E-state index contributed by atoms with van der Waals surface area (Å²) in [7, 11) is 0. The molecule has 1 aliphatic carbocycles. The Morgan fingerprint density at radius 3 is 2.68 bits per heavy atom. The van der Waals surface area contributed by atoms with Gasteiger partial charge in [0.15, 0.2) is 0 Å². The number of aromatic amines is 1. The molecule has 22 heavy (non-hydrogen) atoms. The van der Waals surface area contributed by atoms with Crippen molar-refractivity contribution in [2.24, 2.45) is 0 Å². The Balaban J connectivity index is 1.70. The van der Waals surface area contributed by atoms with E-state index in [0.29, 0.717) is 11.4 Å². The molecule has 6 heteroatoms. The number of aromatic hydroxyl groups is 1. The van der Waals surface area contributed by atoms with E-state index < -0.39 is 6.10 Å². The predicted octanol–water partition coefficient (Wildman–Crippen LogP) is 1.82. The van der Waals surface area contributed by atoms with Crippen LogP contribution in [0.5, 0.6) is 5.75 Å². The van der Waals surface area contributed by atoms with Crippen LogP contribution >= 0.6 is 0 Å². The number of aromatic nitrogens is 2. The molecular weight excluding hydrogens is 282 g/mol. The molecule has 6 nitrogen and oxygen atoms in total. The second-order valence-corrected chi connectivity index (χ2v) is 5.65. The molecule has 0 aliphatic heterocycles. The van der Waals surface area contributed by atoms with Crippen LogP contribution in [0.2, 0.25) is 0 Å². The van der Waals surface area contributed by atoms with Crippen LogP contribution in [0.3, 0.4) is 0 Å². The number of nitrogens with zero attached hydrogens (tertiary/aromatic N) is 1. The van der Waals surface area contributed by atoms with Crippen LogP contribution in [0, 0.1) is 0 Å². The molecule has 1 aromatic carbocycles. The smallest absolute Gasteiger partial charge is 0.269 e. The summed E-state index contributed by atoms with van der Waals surface area (Å²) in [5.74, 6) is -0.0768. The van der Waals surface area contributed by atoms with Gasteiger partial charge in [-0.1, -0.05) is 12.8 Å². The minimum Gasteiger partial charge on any atom is -0.508 e. The summed E-state index contributed by atoms with van der Waals surface area (Å²) in [6.07, 6.45) is 3.07. The number of aliphatic hydroxyl groups is 1. The van der Waals surface area contributed by atoms with E-state index in [1.54, 1.807) is 30.3 Å². The highest BCUT2D eigenvalue weighted by Gasteiger charge is 2.25. The van der Waals surface area contributed by atoms with E-state index in [1.165, 1.54) is 0 Å². The molecular formula is C16H19N3O3. The van der Waals surface area contributed by atoms with Gasteiger partial charge in [-0.05, 0) is 43.2 Å². The van der Waals surface area contributed by atoms with Gasteiger partial charge in [0.1, 0.15) is 11.4 Å². The predicted molar refractivity (Wildman–Crippen MR) is 81.4 cm³/mol. The molecule has 2 aromatic rings. The number of carbonyl (C=O) groups excluding carboxylic acids is 1. The second kappa shape index (κ2) is 6.19. The van der Waals surface area contributed by atoms with Gasteiger partial charge in [-0.3, -0.25) is 9.89 Å². The number of hydrogen-bond acceptors (Lipinski definition) is 4. The van der Waals surface area contributed by atoms with Crippen molar-refractivity contribution in [1.82, 2.24) is 15.5 Å². The van der Waals surface area contributed by atoms with Gasteiger partial charge < -0.3 is 15.5 Å². The monoisotopic (exact) mass is 301 g/mol. The zero-order valence-electron chi connectivity index (χ0n) is 12.1. The normalized spacial score (nSPS) is 21.5. The zero-order valence-corrected chi connectivity index (χ0v) is 12.1. The number of carbonyl (C=O) groups is 1. The van der Waals surface area contributed by atoms with Gasteiger partial charge in [0.2, 0.25) is 0 Å². The van der Waals surface area contributed by atoms with Crippen molar-refractivity contribution in [1.29, 1.82) is 0 Å². The molecule has 3 rings (SSSR count). The van der Waals surface area contributed by atoms with E-state index in [2.05, 4.69) is 15.5 Å². The standard InChI is InChI=1S/C16H19N3O3/c20-11-7-5-10(6-8-11)13-9-14(19-18-13)16(22)17-12-3-1-2-4-15(12)21/h5-9,12,15,20-21H,1-4H2,(H,17,22)(H,18,19). The van der Waals surface area contributed by atoms with Gasteiger partial charge in [0.25, 0.3) is 5.91 Å². The topological polar surface area (TPSA) is 98.2 Å². The van der Waals surface area contributed by atoms with Crippen LogP contribution in [-0.4, -0.2) is 38.5 Å². The summed E-state index contributed by atoms with van der Waals surface area (Å²) >= 11 is 0. The fraction of sp³-hybridized carbons (Fsp3) is 0.375. The van der Waals surface area contributed by atoms with Gasteiger partial charge in [-0.2, -0.15) is 5.10 Å². The Hall–Kier alpha value is -2.34. The first kappa shape index (κ1) is 14.6. The van der Waals surface area contributed by atoms with Gasteiger partial charge in [0.05, 0.1) is 17.8 Å². The van der Waals surface area contributed by atoms with Crippen molar-refractivity contribution in [3.63, 3.8) is 0 Å². The van der Waals surface area contributed by atoms with Crippen molar-refractivity contribution in [3.05, 3.63) is 36.0 Å². The lowest BCUT2D eigenvalue weighted by molar-refractivity contribution is 0.0714. The molecule has 0 spiro atoms. The molecule has 1 saturated carbocycles. The number of H-pyrrole nitrogens is 1. The van der Waals surface area contributed by atoms with Crippen molar-refractivity contribution >= 4 is 5.91 Å². The highest BCUT2D eigenvalue weighted by molar-refractivity contribution is 5.93. The van der Waals surface area contributed by atoms with E-state index in [0.717, 1.165) is 31.2 Å². The lowest BCUT2D eigenvalue weighted by atomic mass is 9.92. The van der Waals surface area contributed by atoms with Gasteiger partial charge >= 0.3 is 0 Å². The van der Waals surface area contributed by atoms with Gasteiger partial charge in [-0.25, -0.2) is 0 Å². The van der Waals surface area contributed by atoms with Crippen LogP contribution < -0.4 is 5.32 Å². The van der Waals surface area contributed by atoms with Crippen LogP contribution in [0.15, 0.2) is 30.3 Å². The summed E-state index contributed by atoms with van der Waals surface area (Å²) in [6.45, 7) is 0. The number of rotatable bonds is 3. The maximum absolute atomic E-state index is 12.2. The minimum absolute atomic E-state index is 0.184. The Morgan fingerprint density at radius 1 is 1.23 bits per heavy atom. The van der Waals surface area contributed by atoms with Crippen molar-refractivity contribution < 1.29 is 15.0 Å². The van der Waals surface area contributed by atoms with Gasteiger partial charge in [0, 0.05) is 5.56 Å². The Labute approximate surface area is 128 Å². The molecule has 0 bridgehead atoms. The van der Waals surface area contributed by atoms with E-state index in [4.69, 9.17) is 0 Å². The SMILES string of the molecule is O=C(NC1CCCCC1O)c1cc(-c2ccc(O)cc2)n[nH]1. The van der Waals surface area contributed by atoms with E-state index in [-0.39, 0.29) is 17.7 Å². The average Bonchev–Trinajstić information content (AvgIpc) is 3.00. The van der Waals surface area contributed by atoms with Crippen molar-refractivity contribution in [2.75, 3.05) is 0 Å². The summed E-state index contributed by atoms with van der Waals surface area (Å²) in [6, 6.07) is 8.08. The number of nitrogens with one attached hydrogen (secondary N) is 2. The molecule has 0 saturated heterocycles. The van der Waals surface area contributed by atoms with Gasteiger partial charge in [-0.15, -0.1) is 0 Å². The van der Waals surface area contributed by atoms with E-state index in [9.17, 15) is 15.0 Å². The third-order valence-corrected chi connectivity index (χ3v) is 4.03. The summed E-state index contributed by atoms with van der Waals surface area (Å²) in [5.41, 5.74) is 1.81. The van der Waals surface area contributed by atoms with Crippen LogP contribution in [0.4, 0.5) is 0 Å². The highest BCUT2D eigenvalue weighted by Crippen LogP contribution is 2.21. The molecule has 2 unspecified atom stereocenters. The third-order valence-electron chi connectivity index (χ3n) is 4.03. The maximum Gasteiger partial charge on any atom is 0.269 e. The Kier molecular flexibility index (Phi) is 4.11. The lowest BCUT2D eigenvalue weighted by Crippen LogP contribution is -2.45. The maximum atomic E-state index is 12.2. The average molecular weight is 301 g/mol. The fourth-order valence-corrected chi connectivity index (χ4v) is 2.74. The Bertz CT molecular complexity index is 651. The number of benzene rings is 1. The molecule has 1 amide bonds. The van der Waals surface area contributed by atoms with E-state index in [1.807, 2.05) is 0 Å². The summed E-state index contributed by atoms with van der Waals surface area (Å²) < 4.78 is 0. The Morgan fingerprint density at radius 2 is 1.95 bits per heavy atom. The molecule has 1 heterocycles. The molecule has 1 aliphatic rings. The van der Waals surface area contributed by atoms with Crippen LogP contribution in [0.25, 0.3) is 11.3 Å². The lowest BCUT2D eigenvalue weighted by Gasteiger charge is -2.28. The molecule has 2 atom stereocenters. The zero-order chi connectivity index (χ0) is 15.5. The number of amides is 1. The molecule has 116 valence electrons. The number of aliphatic hydroxyl groups excluding tert-OH is 1. The third kappa shape index (κ3) is 3.12. The molecule has 4 N–H and O–H groups in total.